The summed E-state index contributed by atoms with van der Waals surface area (Å²) in [6.45, 7) is 4.12. The Morgan fingerprint density at radius 1 is 1.28 bits per heavy atom. The highest BCUT2D eigenvalue weighted by Gasteiger charge is 2.32. The summed E-state index contributed by atoms with van der Waals surface area (Å²) in [5, 5.41) is 1.07. The van der Waals surface area contributed by atoms with Crippen LogP contribution in [-0.4, -0.2) is 11.1 Å². The first-order valence-corrected chi connectivity index (χ1v) is 9.17. The van der Waals surface area contributed by atoms with Gasteiger partial charge in [-0.1, -0.05) is 19.1 Å². The highest BCUT2D eigenvalue weighted by molar-refractivity contribution is 5.80. The molecule has 1 aliphatic heterocycles. The van der Waals surface area contributed by atoms with E-state index in [9.17, 15) is 4.79 Å². The lowest BCUT2D eigenvalue weighted by Crippen LogP contribution is -3.09. The summed E-state index contributed by atoms with van der Waals surface area (Å²) in [6, 6.07) is 12.8. The molecule has 1 aromatic carbocycles. The zero-order valence-electron chi connectivity index (χ0n) is 14.9. The minimum absolute atomic E-state index is 0.246. The number of fused-ring (bicyclic) bond motifs is 1. The molecule has 1 saturated heterocycles. The first-order chi connectivity index (χ1) is 12.2. The van der Waals surface area contributed by atoms with E-state index in [-0.39, 0.29) is 5.63 Å². The highest BCUT2D eigenvalue weighted by Crippen LogP contribution is 2.22. The third-order valence-electron chi connectivity index (χ3n) is 5.54. The first kappa shape index (κ1) is 16.2. The number of aromatic nitrogens is 1. The number of rotatable bonds is 4. The molecule has 1 unspecified atom stereocenters. The van der Waals surface area contributed by atoms with E-state index in [0.29, 0.717) is 6.04 Å². The Morgan fingerprint density at radius 3 is 2.92 bits per heavy atom. The standard InChI is InChI=1S/C21H24N2O2/c1-3-15-8-9-17-16(13-21(24)25-20(17)12-15)14-23-11-5-7-19(23)18-6-4-10-22(18)2/h4,6,8-10,12-13,19H,3,5,7,11,14H2,1-2H3/p+1/t19-/m0/s1. The van der Waals surface area contributed by atoms with Crippen molar-refractivity contribution in [1.82, 2.24) is 4.57 Å². The van der Waals surface area contributed by atoms with Crippen LogP contribution in [0.2, 0.25) is 0 Å². The SMILES string of the molecule is CCc1ccc2c(C[NH+]3CCC[C@H]3c3cccn3C)cc(=O)oc2c1. The minimum Gasteiger partial charge on any atom is -0.423 e. The lowest BCUT2D eigenvalue weighted by atomic mass is 10.1. The maximum absolute atomic E-state index is 12.1. The van der Waals surface area contributed by atoms with Gasteiger partial charge < -0.3 is 13.9 Å². The molecule has 0 radical (unpaired) electrons. The van der Waals surface area contributed by atoms with E-state index in [1.165, 1.54) is 29.0 Å². The van der Waals surface area contributed by atoms with Gasteiger partial charge in [0.15, 0.2) is 0 Å². The van der Waals surface area contributed by atoms with Crippen molar-refractivity contribution in [3.8, 4) is 0 Å². The molecule has 25 heavy (non-hydrogen) atoms. The fraction of sp³-hybridized carbons (Fsp3) is 0.381. The summed E-state index contributed by atoms with van der Waals surface area (Å²) in [5.41, 5.74) is 4.15. The normalized spacial score (nSPS) is 20.4. The quantitative estimate of drug-likeness (QED) is 0.744. The van der Waals surface area contributed by atoms with Gasteiger partial charge in [0.2, 0.25) is 0 Å². The summed E-state index contributed by atoms with van der Waals surface area (Å²) >= 11 is 0. The molecule has 2 atom stereocenters. The molecular formula is C21H25N2O2+. The molecule has 1 fully saturated rings. The first-order valence-electron chi connectivity index (χ1n) is 9.17. The van der Waals surface area contributed by atoms with Crippen LogP contribution in [0.25, 0.3) is 11.0 Å². The van der Waals surface area contributed by atoms with Crippen LogP contribution in [0.4, 0.5) is 0 Å². The van der Waals surface area contributed by atoms with E-state index in [2.05, 4.69) is 49.0 Å². The molecule has 0 amide bonds. The van der Waals surface area contributed by atoms with E-state index in [1.54, 1.807) is 6.07 Å². The van der Waals surface area contributed by atoms with Crippen molar-refractivity contribution in [1.29, 1.82) is 0 Å². The van der Waals surface area contributed by atoms with Crippen molar-refractivity contribution in [2.45, 2.75) is 38.8 Å². The Bertz CT molecular complexity index is 954. The van der Waals surface area contributed by atoms with Crippen LogP contribution in [0.3, 0.4) is 0 Å². The van der Waals surface area contributed by atoms with Crippen molar-refractivity contribution in [2.24, 2.45) is 7.05 Å². The Kier molecular flexibility index (Phi) is 4.22. The van der Waals surface area contributed by atoms with E-state index in [1.807, 2.05) is 6.07 Å². The molecule has 0 spiro atoms. The maximum Gasteiger partial charge on any atom is 0.336 e. The van der Waals surface area contributed by atoms with Crippen LogP contribution in [0.15, 0.2) is 51.8 Å². The van der Waals surface area contributed by atoms with E-state index >= 15 is 0 Å². The van der Waals surface area contributed by atoms with E-state index in [4.69, 9.17) is 4.42 Å². The maximum atomic E-state index is 12.1. The summed E-state index contributed by atoms with van der Waals surface area (Å²) in [5.74, 6) is 0. The average molecular weight is 337 g/mol. The molecule has 4 nitrogen and oxygen atoms in total. The van der Waals surface area contributed by atoms with Gasteiger partial charge in [-0.15, -0.1) is 0 Å². The molecule has 4 heteroatoms. The summed E-state index contributed by atoms with van der Waals surface area (Å²) in [7, 11) is 2.12. The van der Waals surface area contributed by atoms with Crippen LogP contribution in [0.1, 0.15) is 42.6 Å². The summed E-state index contributed by atoms with van der Waals surface area (Å²) < 4.78 is 7.68. The number of nitrogens with one attached hydrogen (secondary N) is 1. The second-order valence-corrected chi connectivity index (χ2v) is 7.10. The van der Waals surface area contributed by atoms with Crippen LogP contribution >= 0.6 is 0 Å². The van der Waals surface area contributed by atoms with Gasteiger partial charge in [0.25, 0.3) is 0 Å². The summed E-state index contributed by atoms with van der Waals surface area (Å²) in [6.07, 6.45) is 5.48. The fourth-order valence-corrected chi connectivity index (χ4v) is 4.20. The second kappa shape index (κ2) is 6.52. The van der Waals surface area contributed by atoms with Crippen LogP contribution in [0, 0.1) is 0 Å². The lowest BCUT2D eigenvalue weighted by Gasteiger charge is -2.22. The predicted octanol–water partition coefficient (Wildman–Crippen LogP) is 2.61. The molecule has 1 N–H and O–H groups in total. The predicted molar refractivity (Wildman–Crippen MR) is 98.8 cm³/mol. The zero-order valence-corrected chi connectivity index (χ0v) is 14.9. The second-order valence-electron chi connectivity index (χ2n) is 7.10. The number of hydrogen-bond donors (Lipinski definition) is 1. The molecule has 4 rings (SSSR count). The molecule has 3 heterocycles. The Balaban J connectivity index is 1.70. The molecule has 1 aliphatic rings. The number of likely N-dealkylation sites (tertiary alicyclic amines) is 1. The Hall–Kier alpha value is -2.33. The van der Waals surface area contributed by atoms with E-state index < -0.39 is 0 Å². The average Bonchev–Trinajstić information content (AvgIpc) is 3.22. The Morgan fingerprint density at radius 2 is 2.16 bits per heavy atom. The Labute approximate surface area is 147 Å². The van der Waals surface area contributed by atoms with Gasteiger partial charge in [-0.2, -0.15) is 0 Å². The topological polar surface area (TPSA) is 39.6 Å². The smallest absolute Gasteiger partial charge is 0.336 e. The lowest BCUT2D eigenvalue weighted by molar-refractivity contribution is -0.932. The van der Waals surface area contributed by atoms with Gasteiger partial charge >= 0.3 is 5.63 Å². The van der Waals surface area contributed by atoms with Gasteiger partial charge in [-0.05, 0) is 30.2 Å². The minimum atomic E-state index is -0.246. The third-order valence-corrected chi connectivity index (χ3v) is 5.54. The van der Waals surface area contributed by atoms with Crippen molar-refractivity contribution >= 4 is 11.0 Å². The number of benzene rings is 1. The van der Waals surface area contributed by atoms with Gasteiger partial charge in [-0.3, -0.25) is 0 Å². The van der Waals surface area contributed by atoms with Crippen molar-refractivity contribution < 1.29 is 9.32 Å². The van der Waals surface area contributed by atoms with E-state index in [0.717, 1.165) is 36.0 Å². The van der Waals surface area contributed by atoms with Crippen LogP contribution in [0.5, 0.6) is 0 Å². The monoisotopic (exact) mass is 337 g/mol. The third kappa shape index (κ3) is 3.02. The van der Waals surface area contributed by atoms with Crippen molar-refractivity contribution in [3.05, 3.63) is 69.8 Å². The number of aryl methyl sites for hydroxylation is 2. The highest BCUT2D eigenvalue weighted by atomic mass is 16.4. The zero-order chi connectivity index (χ0) is 17.4. The van der Waals surface area contributed by atoms with Gasteiger partial charge in [-0.25, -0.2) is 4.79 Å². The molecule has 0 aliphatic carbocycles. The number of hydrogen-bond acceptors (Lipinski definition) is 2. The number of quaternary nitrogens is 1. The molecule has 0 saturated carbocycles. The molecule has 2 aromatic heterocycles. The van der Waals surface area contributed by atoms with Gasteiger partial charge in [0.05, 0.1) is 12.2 Å². The summed E-state index contributed by atoms with van der Waals surface area (Å²) in [4.78, 5) is 13.6. The molecule has 0 bridgehead atoms. The molecule has 3 aromatic rings. The number of nitrogens with zero attached hydrogens (tertiary/aromatic N) is 1. The van der Waals surface area contributed by atoms with Crippen LogP contribution < -0.4 is 10.5 Å². The fourth-order valence-electron chi connectivity index (χ4n) is 4.20. The van der Waals surface area contributed by atoms with Gasteiger partial charge in [0.1, 0.15) is 18.2 Å². The molecular weight excluding hydrogens is 312 g/mol. The van der Waals surface area contributed by atoms with Crippen molar-refractivity contribution in [2.75, 3.05) is 6.54 Å². The largest absolute Gasteiger partial charge is 0.423 e. The van der Waals surface area contributed by atoms with Gasteiger partial charge in [0, 0.05) is 43.1 Å². The van der Waals surface area contributed by atoms with Crippen LogP contribution in [-0.2, 0) is 20.0 Å². The molecule has 130 valence electrons. The van der Waals surface area contributed by atoms with Crippen molar-refractivity contribution in [3.63, 3.8) is 0 Å².